The molecular formula is C20H15Cl2N5O3. The molecule has 0 radical (unpaired) electrons. The first-order valence-corrected chi connectivity index (χ1v) is 9.62. The van der Waals surface area contributed by atoms with Gasteiger partial charge in [0.05, 0.1) is 15.6 Å². The molecule has 0 saturated carbocycles. The Kier molecular flexibility index (Phi) is 5.19. The fraction of sp³-hybridized carbons (Fsp3) is 0.100. The summed E-state index contributed by atoms with van der Waals surface area (Å²) in [6.45, 7) is 0. The van der Waals surface area contributed by atoms with Crippen LogP contribution in [0.3, 0.4) is 0 Å². The molecule has 0 saturated heterocycles. The third-order valence-corrected chi connectivity index (χ3v) is 5.51. The van der Waals surface area contributed by atoms with Gasteiger partial charge in [-0.3, -0.25) is 19.4 Å². The summed E-state index contributed by atoms with van der Waals surface area (Å²) in [6.07, 6.45) is 0. The molecule has 152 valence electrons. The highest BCUT2D eigenvalue weighted by molar-refractivity contribution is 6.42. The average molecular weight is 444 g/mol. The van der Waals surface area contributed by atoms with Crippen LogP contribution >= 0.6 is 23.2 Å². The Balaban J connectivity index is 1.84. The number of nitrogens with one attached hydrogen (secondary N) is 3. The molecule has 0 aliphatic carbocycles. The van der Waals surface area contributed by atoms with Crippen LogP contribution in [0.25, 0.3) is 0 Å². The fourth-order valence-electron chi connectivity index (χ4n) is 3.42. The quantitative estimate of drug-likeness (QED) is 0.493. The lowest BCUT2D eigenvalue weighted by molar-refractivity contribution is -0.118. The van der Waals surface area contributed by atoms with Crippen LogP contribution in [0.15, 0.2) is 53.3 Å². The summed E-state index contributed by atoms with van der Waals surface area (Å²) in [5, 5.41) is 5.82. The van der Waals surface area contributed by atoms with E-state index in [0.717, 1.165) is 0 Å². The van der Waals surface area contributed by atoms with Crippen LogP contribution in [-0.2, 0) is 4.79 Å². The third-order valence-electron chi connectivity index (χ3n) is 4.77. The Morgan fingerprint density at radius 3 is 2.50 bits per heavy atom. The van der Waals surface area contributed by atoms with Crippen molar-refractivity contribution in [2.45, 2.75) is 12.0 Å². The molecule has 1 aliphatic heterocycles. The molecule has 3 aromatic rings. The van der Waals surface area contributed by atoms with Crippen molar-refractivity contribution in [3.8, 4) is 0 Å². The molecule has 5 N–H and O–H groups in total. The van der Waals surface area contributed by atoms with Gasteiger partial charge in [-0.05, 0) is 29.8 Å². The standard InChI is InChI=1S/C20H15Cl2N5O3/c21-11-7-6-10(8-12(11)22)13-14-16(26-20(23)27-18(14)29)25-19(30)15(13)24-17(28)9-4-2-1-3-5-9/h1-8,13,15H,(H,24,28)(H4,23,25,26,27,29,30). The van der Waals surface area contributed by atoms with E-state index < -0.39 is 29.3 Å². The predicted molar refractivity (Wildman–Crippen MR) is 114 cm³/mol. The minimum atomic E-state index is -1.10. The molecular weight excluding hydrogens is 429 g/mol. The van der Waals surface area contributed by atoms with Gasteiger partial charge in [0, 0.05) is 11.5 Å². The van der Waals surface area contributed by atoms with Crippen LogP contribution in [0.2, 0.25) is 10.0 Å². The van der Waals surface area contributed by atoms with Crippen molar-refractivity contribution in [2.24, 2.45) is 0 Å². The van der Waals surface area contributed by atoms with E-state index in [1.807, 2.05) is 0 Å². The highest BCUT2D eigenvalue weighted by atomic mass is 35.5. The van der Waals surface area contributed by atoms with Crippen LogP contribution in [0, 0.1) is 0 Å². The van der Waals surface area contributed by atoms with Gasteiger partial charge in [0.15, 0.2) is 0 Å². The number of hydrogen-bond acceptors (Lipinski definition) is 5. The zero-order valence-corrected chi connectivity index (χ0v) is 16.8. The van der Waals surface area contributed by atoms with E-state index in [2.05, 4.69) is 20.6 Å². The van der Waals surface area contributed by atoms with Gasteiger partial charge in [0.2, 0.25) is 11.9 Å². The van der Waals surface area contributed by atoms with E-state index in [-0.39, 0.29) is 22.4 Å². The molecule has 30 heavy (non-hydrogen) atoms. The number of rotatable bonds is 3. The van der Waals surface area contributed by atoms with E-state index >= 15 is 0 Å². The van der Waals surface area contributed by atoms with Crippen molar-refractivity contribution in [3.05, 3.63) is 85.6 Å². The first kappa shape index (κ1) is 19.9. The normalized spacial score (nSPS) is 17.7. The number of carbonyl (C=O) groups excluding carboxylic acids is 2. The second kappa shape index (κ2) is 7.81. The first-order chi connectivity index (χ1) is 14.3. The topological polar surface area (TPSA) is 130 Å². The zero-order chi connectivity index (χ0) is 21.4. The van der Waals surface area contributed by atoms with Crippen molar-refractivity contribution in [2.75, 3.05) is 11.1 Å². The highest BCUT2D eigenvalue weighted by Gasteiger charge is 2.41. The van der Waals surface area contributed by atoms with Crippen molar-refractivity contribution in [1.82, 2.24) is 15.3 Å². The van der Waals surface area contributed by atoms with Gasteiger partial charge in [0.1, 0.15) is 11.9 Å². The monoisotopic (exact) mass is 443 g/mol. The number of amides is 2. The van der Waals surface area contributed by atoms with Gasteiger partial charge in [0.25, 0.3) is 11.5 Å². The smallest absolute Gasteiger partial charge is 0.258 e. The molecule has 10 heteroatoms. The van der Waals surface area contributed by atoms with Gasteiger partial charge in [-0.1, -0.05) is 47.5 Å². The highest BCUT2D eigenvalue weighted by Crippen LogP contribution is 2.36. The fourth-order valence-corrected chi connectivity index (χ4v) is 3.73. The van der Waals surface area contributed by atoms with Gasteiger partial charge in [-0.25, -0.2) is 0 Å². The van der Waals surface area contributed by atoms with E-state index in [0.29, 0.717) is 16.1 Å². The summed E-state index contributed by atoms with van der Waals surface area (Å²) in [7, 11) is 0. The molecule has 1 aromatic heterocycles. The van der Waals surface area contributed by atoms with Crippen LogP contribution in [0.5, 0.6) is 0 Å². The minimum absolute atomic E-state index is 0.0301. The molecule has 0 bridgehead atoms. The lowest BCUT2D eigenvalue weighted by Gasteiger charge is -2.32. The number of H-pyrrole nitrogens is 1. The van der Waals surface area contributed by atoms with Crippen LogP contribution in [-0.4, -0.2) is 27.8 Å². The molecule has 2 amide bonds. The summed E-state index contributed by atoms with van der Waals surface area (Å²) in [4.78, 5) is 44.8. The number of nitrogen functional groups attached to an aromatic ring is 1. The van der Waals surface area contributed by atoms with E-state index in [4.69, 9.17) is 28.9 Å². The van der Waals surface area contributed by atoms with Crippen molar-refractivity contribution < 1.29 is 9.59 Å². The first-order valence-electron chi connectivity index (χ1n) is 8.86. The number of aromatic amines is 1. The van der Waals surface area contributed by atoms with Crippen molar-refractivity contribution >= 4 is 46.8 Å². The number of halogens is 2. The van der Waals surface area contributed by atoms with E-state index in [9.17, 15) is 14.4 Å². The number of aromatic nitrogens is 2. The second-order valence-electron chi connectivity index (χ2n) is 6.67. The Morgan fingerprint density at radius 1 is 1.07 bits per heavy atom. The maximum absolute atomic E-state index is 12.9. The minimum Gasteiger partial charge on any atom is -0.369 e. The number of benzene rings is 2. The maximum Gasteiger partial charge on any atom is 0.258 e. The Labute approximate surface area is 180 Å². The number of nitrogens with two attached hydrogens (primary N) is 1. The molecule has 4 rings (SSSR count). The summed E-state index contributed by atoms with van der Waals surface area (Å²) >= 11 is 12.2. The van der Waals surface area contributed by atoms with E-state index in [1.165, 1.54) is 0 Å². The number of fused-ring (bicyclic) bond motifs is 1. The predicted octanol–water partition coefficient (Wildman–Crippen LogP) is 2.54. The van der Waals surface area contributed by atoms with Crippen LogP contribution < -0.4 is 21.9 Å². The molecule has 0 spiro atoms. The van der Waals surface area contributed by atoms with Gasteiger partial charge >= 0.3 is 0 Å². The molecule has 0 fully saturated rings. The maximum atomic E-state index is 12.9. The number of nitrogens with zero attached hydrogens (tertiary/aromatic N) is 1. The number of anilines is 2. The Morgan fingerprint density at radius 2 is 1.80 bits per heavy atom. The van der Waals surface area contributed by atoms with E-state index in [1.54, 1.807) is 48.5 Å². The van der Waals surface area contributed by atoms with Crippen LogP contribution in [0.4, 0.5) is 11.8 Å². The van der Waals surface area contributed by atoms with Crippen LogP contribution in [0.1, 0.15) is 27.4 Å². The largest absolute Gasteiger partial charge is 0.369 e. The lowest BCUT2D eigenvalue weighted by atomic mass is 9.82. The summed E-state index contributed by atoms with van der Waals surface area (Å²) in [6, 6.07) is 12.1. The molecule has 2 aromatic carbocycles. The molecule has 8 nitrogen and oxygen atoms in total. The average Bonchev–Trinajstić information content (AvgIpc) is 2.71. The lowest BCUT2D eigenvalue weighted by Crippen LogP contribution is -2.52. The molecule has 2 atom stereocenters. The van der Waals surface area contributed by atoms with Gasteiger partial charge in [-0.15, -0.1) is 0 Å². The summed E-state index contributed by atoms with van der Waals surface area (Å²) in [5.41, 5.74) is 6.12. The second-order valence-corrected chi connectivity index (χ2v) is 7.49. The van der Waals surface area contributed by atoms with Crippen molar-refractivity contribution in [3.63, 3.8) is 0 Å². The van der Waals surface area contributed by atoms with Gasteiger partial charge in [-0.2, -0.15) is 4.98 Å². The molecule has 2 unspecified atom stereocenters. The number of hydrogen-bond donors (Lipinski definition) is 4. The third kappa shape index (κ3) is 3.62. The Hall–Kier alpha value is -3.36. The summed E-state index contributed by atoms with van der Waals surface area (Å²) in [5.74, 6) is -1.99. The zero-order valence-electron chi connectivity index (χ0n) is 15.3. The molecule has 1 aliphatic rings. The summed E-state index contributed by atoms with van der Waals surface area (Å²) < 4.78 is 0. The number of carbonyl (C=O) groups is 2. The SMILES string of the molecule is Nc1nc2c(c(=O)[nH]1)C(c1ccc(Cl)c(Cl)c1)C(NC(=O)c1ccccc1)C(=O)N2. The van der Waals surface area contributed by atoms with Gasteiger partial charge < -0.3 is 16.4 Å². The van der Waals surface area contributed by atoms with Crippen molar-refractivity contribution in [1.29, 1.82) is 0 Å². The molecule has 2 heterocycles. The Bertz CT molecular complexity index is 1210.